The van der Waals surface area contributed by atoms with Crippen LogP contribution in [0.4, 0.5) is 0 Å². The van der Waals surface area contributed by atoms with Gasteiger partial charge in [0.05, 0.1) is 10.9 Å². The van der Waals surface area contributed by atoms with Gasteiger partial charge in [0.15, 0.2) is 0 Å². The van der Waals surface area contributed by atoms with E-state index >= 15 is 0 Å². The lowest BCUT2D eigenvalue weighted by Gasteiger charge is -2.21. The van der Waals surface area contributed by atoms with E-state index < -0.39 is 16.1 Å². The molecule has 2 aromatic carbocycles. The van der Waals surface area contributed by atoms with Gasteiger partial charge in [-0.3, -0.25) is 4.79 Å². The van der Waals surface area contributed by atoms with E-state index in [9.17, 15) is 13.2 Å². The summed E-state index contributed by atoms with van der Waals surface area (Å²) in [5.41, 5.74) is 0.877. The fourth-order valence-electron chi connectivity index (χ4n) is 2.50. The van der Waals surface area contributed by atoms with Crippen LogP contribution in [0.1, 0.15) is 24.9 Å². The number of hydrogen-bond acceptors (Lipinski definition) is 4. The zero-order valence-corrected chi connectivity index (χ0v) is 18.6. The van der Waals surface area contributed by atoms with Gasteiger partial charge in [0, 0.05) is 10.0 Å². The highest BCUT2D eigenvalue weighted by Crippen LogP contribution is 2.18. The Hall–Kier alpha value is -1.25. The van der Waals surface area contributed by atoms with Crippen LogP contribution < -0.4 is 10.0 Å². The molecule has 2 rings (SSSR count). The van der Waals surface area contributed by atoms with E-state index in [0.717, 1.165) is 5.56 Å². The molecule has 0 fully saturated rings. The van der Waals surface area contributed by atoms with E-state index in [1.165, 1.54) is 24.3 Å². The van der Waals surface area contributed by atoms with Crippen molar-refractivity contribution in [1.82, 2.24) is 10.0 Å². The molecular weight excluding hydrogens is 439 g/mol. The highest BCUT2D eigenvalue weighted by atomic mass is 35.5. The maximum Gasteiger partial charge on any atom is 0.241 e. The van der Waals surface area contributed by atoms with Crippen molar-refractivity contribution in [3.63, 3.8) is 0 Å². The van der Waals surface area contributed by atoms with Crippen molar-refractivity contribution in [3.05, 3.63) is 64.1 Å². The fraction of sp³-hybridized carbons (Fsp3) is 0.316. The van der Waals surface area contributed by atoms with Gasteiger partial charge in [-0.05, 0) is 67.3 Å². The molecule has 0 aromatic heterocycles. The monoisotopic (exact) mass is 460 g/mol. The lowest BCUT2D eigenvalue weighted by Crippen LogP contribution is -2.47. The predicted molar refractivity (Wildman–Crippen MR) is 117 cm³/mol. The topological polar surface area (TPSA) is 75.3 Å². The summed E-state index contributed by atoms with van der Waals surface area (Å²) in [6.07, 6.45) is 2.27. The molecule has 0 heterocycles. The first-order valence-electron chi connectivity index (χ1n) is 8.55. The van der Waals surface area contributed by atoms with Crippen LogP contribution in [0.3, 0.4) is 0 Å². The van der Waals surface area contributed by atoms with Gasteiger partial charge < -0.3 is 5.32 Å². The molecule has 9 heteroatoms. The maximum absolute atomic E-state index is 12.8. The first-order chi connectivity index (χ1) is 13.2. The van der Waals surface area contributed by atoms with Crippen molar-refractivity contribution in [3.8, 4) is 0 Å². The second-order valence-electron chi connectivity index (χ2n) is 6.19. The lowest BCUT2D eigenvalue weighted by atomic mass is 10.1. The minimum Gasteiger partial charge on any atom is -0.348 e. The van der Waals surface area contributed by atoms with Crippen molar-refractivity contribution in [2.75, 3.05) is 12.0 Å². The molecule has 5 nitrogen and oxygen atoms in total. The number of hydrogen-bond donors (Lipinski definition) is 2. The average Bonchev–Trinajstić information content (AvgIpc) is 2.65. The van der Waals surface area contributed by atoms with E-state index in [1.807, 2.05) is 25.3 Å². The number of halogens is 2. The summed E-state index contributed by atoms with van der Waals surface area (Å²) < 4.78 is 27.8. The van der Waals surface area contributed by atoms with Crippen LogP contribution in [-0.4, -0.2) is 32.4 Å². The number of carbonyl (C=O) groups excluding carboxylic acids is 1. The van der Waals surface area contributed by atoms with Crippen molar-refractivity contribution in [2.24, 2.45) is 0 Å². The van der Waals surface area contributed by atoms with Crippen LogP contribution in [0.15, 0.2) is 53.4 Å². The van der Waals surface area contributed by atoms with Gasteiger partial charge in [-0.15, -0.1) is 0 Å². The number of thioether (sulfide) groups is 1. The Morgan fingerprint density at radius 3 is 2.11 bits per heavy atom. The van der Waals surface area contributed by atoms with Crippen LogP contribution >= 0.6 is 35.0 Å². The molecule has 152 valence electrons. The third-order valence-corrected chi connectivity index (χ3v) is 6.71. The molecule has 0 spiro atoms. The molecule has 0 bridgehead atoms. The van der Waals surface area contributed by atoms with E-state index in [-0.39, 0.29) is 16.8 Å². The van der Waals surface area contributed by atoms with E-state index in [2.05, 4.69) is 10.0 Å². The molecular formula is C19H22Cl2N2O3S2. The van der Waals surface area contributed by atoms with Crippen LogP contribution in [0.25, 0.3) is 0 Å². The van der Waals surface area contributed by atoms with E-state index in [1.54, 1.807) is 23.9 Å². The Balaban J connectivity index is 2.13. The van der Waals surface area contributed by atoms with Crippen molar-refractivity contribution in [1.29, 1.82) is 0 Å². The van der Waals surface area contributed by atoms with E-state index in [0.29, 0.717) is 22.2 Å². The molecule has 2 aromatic rings. The summed E-state index contributed by atoms with van der Waals surface area (Å²) in [5, 5.41) is 3.91. The van der Waals surface area contributed by atoms with Crippen molar-refractivity contribution < 1.29 is 13.2 Å². The molecule has 0 aliphatic rings. The van der Waals surface area contributed by atoms with Gasteiger partial charge in [0.25, 0.3) is 0 Å². The van der Waals surface area contributed by atoms with Crippen LogP contribution in [-0.2, 0) is 14.8 Å². The lowest BCUT2D eigenvalue weighted by molar-refractivity contribution is -0.123. The number of sulfonamides is 1. The van der Waals surface area contributed by atoms with Gasteiger partial charge >= 0.3 is 0 Å². The molecule has 0 radical (unpaired) electrons. The molecule has 2 N–H and O–H groups in total. The second kappa shape index (κ2) is 10.5. The van der Waals surface area contributed by atoms with Crippen LogP contribution in [0.2, 0.25) is 10.0 Å². The normalized spacial score (nSPS) is 13.7. The Bertz CT molecular complexity index is 888. The quantitative estimate of drug-likeness (QED) is 0.585. The molecule has 2 atom stereocenters. The number of amides is 1. The van der Waals surface area contributed by atoms with Gasteiger partial charge in [-0.1, -0.05) is 35.3 Å². The summed E-state index contributed by atoms with van der Waals surface area (Å²) in [6.45, 7) is 1.83. The summed E-state index contributed by atoms with van der Waals surface area (Å²) >= 11 is 13.3. The van der Waals surface area contributed by atoms with Gasteiger partial charge in [-0.25, -0.2) is 8.42 Å². The van der Waals surface area contributed by atoms with Crippen molar-refractivity contribution in [2.45, 2.75) is 30.3 Å². The third kappa shape index (κ3) is 6.67. The Morgan fingerprint density at radius 2 is 1.57 bits per heavy atom. The first-order valence-corrected chi connectivity index (χ1v) is 12.2. The number of benzene rings is 2. The summed E-state index contributed by atoms with van der Waals surface area (Å²) in [6, 6.07) is 11.8. The fourth-order valence-corrected chi connectivity index (χ4v) is 4.45. The highest BCUT2D eigenvalue weighted by molar-refractivity contribution is 7.98. The highest BCUT2D eigenvalue weighted by Gasteiger charge is 2.26. The second-order valence-corrected chi connectivity index (χ2v) is 9.76. The largest absolute Gasteiger partial charge is 0.348 e. The summed E-state index contributed by atoms with van der Waals surface area (Å²) in [5.74, 6) is 0.255. The number of carbonyl (C=O) groups is 1. The minimum absolute atomic E-state index is 0.0598. The van der Waals surface area contributed by atoms with Crippen LogP contribution in [0, 0.1) is 0 Å². The minimum atomic E-state index is -3.85. The smallest absolute Gasteiger partial charge is 0.241 e. The molecule has 0 saturated carbocycles. The third-order valence-electron chi connectivity index (χ3n) is 4.08. The Morgan fingerprint density at radius 1 is 1.04 bits per heavy atom. The number of rotatable bonds is 9. The standard InChI is InChI=1S/C19H22Cl2N2O3S2/c1-13(14-3-5-15(20)6-4-14)22-19(24)18(11-12-27-2)23-28(25,26)17-9-7-16(21)8-10-17/h3-10,13,18,23H,11-12H2,1-2H3,(H,22,24). The molecule has 1 amide bonds. The Labute approximate surface area is 180 Å². The molecule has 0 aliphatic heterocycles. The van der Waals surface area contributed by atoms with E-state index in [4.69, 9.17) is 23.2 Å². The van der Waals surface area contributed by atoms with Crippen molar-refractivity contribution >= 4 is 50.9 Å². The number of nitrogens with one attached hydrogen (secondary N) is 2. The first kappa shape index (κ1) is 23.0. The average molecular weight is 461 g/mol. The summed E-state index contributed by atoms with van der Waals surface area (Å²) in [4.78, 5) is 12.8. The van der Waals surface area contributed by atoms with Gasteiger partial charge in [-0.2, -0.15) is 16.5 Å². The molecule has 0 saturated heterocycles. The zero-order valence-electron chi connectivity index (χ0n) is 15.5. The molecule has 0 aliphatic carbocycles. The van der Waals surface area contributed by atoms with Gasteiger partial charge in [0.1, 0.15) is 6.04 Å². The maximum atomic E-state index is 12.8. The Kier molecular flexibility index (Phi) is 8.64. The summed E-state index contributed by atoms with van der Waals surface area (Å²) in [7, 11) is -3.85. The molecule has 2 unspecified atom stereocenters. The van der Waals surface area contributed by atoms with Gasteiger partial charge in [0.2, 0.25) is 15.9 Å². The zero-order chi connectivity index (χ0) is 20.7. The molecule has 28 heavy (non-hydrogen) atoms. The SMILES string of the molecule is CSCCC(NS(=O)(=O)c1ccc(Cl)cc1)C(=O)NC(C)c1ccc(Cl)cc1. The van der Waals surface area contributed by atoms with Crippen LogP contribution in [0.5, 0.6) is 0 Å². The predicted octanol–water partition coefficient (Wildman–Crippen LogP) is 4.27.